The van der Waals surface area contributed by atoms with E-state index in [9.17, 15) is 4.39 Å². The van der Waals surface area contributed by atoms with E-state index in [0.29, 0.717) is 16.2 Å². The molecule has 1 aliphatic carbocycles. The maximum atomic E-state index is 13.1. The van der Waals surface area contributed by atoms with E-state index in [2.05, 4.69) is 31.1 Å². The first-order valence-corrected chi connectivity index (χ1v) is 5.91. The summed E-state index contributed by atoms with van der Waals surface area (Å²) in [6.45, 7) is 0. The van der Waals surface area contributed by atoms with E-state index in [1.54, 1.807) is 12.1 Å². The minimum absolute atomic E-state index is 0.276. The third kappa shape index (κ3) is 1.75. The smallest absolute Gasteiger partial charge is 0.181 e. The molecule has 0 saturated heterocycles. The largest absolute Gasteiger partial charge is 0.262 e. The minimum atomic E-state index is -0.276. The van der Waals surface area contributed by atoms with Gasteiger partial charge in [0.2, 0.25) is 0 Å². The molecule has 5 heteroatoms. The second-order valence-electron chi connectivity index (χ2n) is 3.95. The molecule has 1 fully saturated rings. The van der Waals surface area contributed by atoms with Crippen LogP contribution in [0.15, 0.2) is 22.7 Å². The Kier molecular flexibility index (Phi) is 2.28. The number of nitrogens with one attached hydrogen (secondary N) is 1. The monoisotopic (exact) mass is 281 g/mol. The van der Waals surface area contributed by atoms with Crippen molar-refractivity contribution < 1.29 is 4.39 Å². The van der Waals surface area contributed by atoms with Crippen molar-refractivity contribution in [2.75, 3.05) is 0 Å². The van der Waals surface area contributed by atoms with Crippen LogP contribution in [0.5, 0.6) is 0 Å². The molecule has 0 unspecified atom stereocenters. The highest BCUT2D eigenvalue weighted by molar-refractivity contribution is 9.10. The number of hydrogen-bond donors (Lipinski definition) is 1. The van der Waals surface area contributed by atoms with E-state index in [-0.39, 0.29) is 5.82 Å². The van der Waals surface area contributed by atoms with Crippen LogP contribution in [0.4, 0.5) is 4.39 Å². The van der Waals surface area contributed by atoms with Gasteiger partial charge in [-0.3, -0.25) is 5.10 Å². The molecule has 0 radical (unpaired) electrons. The fourth-order valence-electron chi connectivity index (χ4n) is 1.58. The Balaban J connectivity index is 1.97. The number of aromatic nitrogens is 3. The van der Waals surface area contributed by atoms with E-state index < -0.39 is 0 Å². The predicted molar refractivity (Wildman–Crippen MR) is 61.5 cm³/mol. The van der Waals surface area contributed by atoms with E-state index in [0.717, 1.165) is 11.4 Å². The molecular formula is C11H9BrFN3. The Labute approximate surface area is 100 Å². The Morgan fingerprint density at radius 2 is 2.19 bits per heavy atom. The molecule has 0 aliphatic heterocycles. The lowest BCUT2D eigenvalue weighted by molar-refractivity contribution is 0.621. The minimum Gasteiger partial charge on any atom is -0.262 e. The topological polar surface area (TPSA) is 41.6 Å². The first-order chi connectivity index (χ1) is 7.74. The molecular weight excluding hydrogens is 273 g/mol. The van der Waals surface area contributed by atoms with E-state index in [1.165, 1.54) is 18.9 Å². The SMILES string of the molecule is Fc1ccc(-c2n[nH]c(C3CC3)n2)cc1Br. The van der Waals surface area contributed by atoms with Crippen LogP contribution in [-0.4, -0.2) is 15.2 Å². The zero-order valence-electron chi connectivity index (χ0n) is 8.37. The molecule has 0 atom stereocenters. The molecule has 0 spiro atoms. The number of hydrogen-bond acceptors (Lipinski definition) is 2. The van der Waals surface area contributed by atoms with Gasteiger partial charge in [-0.2, -0.15) is 5.10 Å². The summed E-state index contributed by atoms with van der Waals surface area (Å²) in [4.78, 5) is 4.40. The molecule has 3 nitrogen and oxygen atoms in total. The van der Waals surface area contributed by atoms with Crippen molar-refractivity contribution in [3.63, 3.8) is 0 Å². The van der Waals surface area contributed by atoms with Crippen LogP contribution in [0, 0.1) is 5.82 Å². The number of benzene rings is 1. The van der Waals surface area contributed by atoms with Crippen molar-refractivity contribution in [3.05, 3.63) is 34.3 Å². The lowest BCUT2D eigenvalue weighted by Gasteiger charge is -1.97. The number of halogens is 2. The summed E-state index contributed by atoms with van der Waals surface area (Å²) in [5.74, 6) is 1.84. The molecule has 1 heterocycles. The summed E-state index contributed by atoms with van der Waals surface area (Å²) in [6, 6.07) is 4.78. The van der Waals surface area contributed by atoms with Crippen molar-refractivity contribution in [2.24, 2.45) is 0 Å². The molecule has 1 N–H and O–H groups in total. The molecule has 3 rings (SSSR count). The first-order valence-electron chi connectivity index (χ1n) is 5.12. The summed E-state index contributed by atoms with van der Waals surface area (Å²) in [7, 11) is 0. The zero-order chi connectivity index (χ0) is 11.1. The van der Waals surface area contributed by atoms with E-state index in [1.807, 2.05) is 0 Å². The van der Waals surface area contributed by atoms with Crippen LogP contribution in [0.2, 0.25) is 0 Å². The van der Waals surface area contributed by atoms with Crippen molar-refractivity contribution >= 4 is 15.9 Å². The highest BCUT2D eigenvalue weighted by atomic mass is 79.9. The predicted octanol–water partition coefficient (Wildman–Crippen LogP) is 3.25. The van der Waals surface area contributed by atoms with Crippen LogP contribution in [-0.2, 0) is 0 Å². The van der Waals surface area contributed by atoms with Crippen molar-refractivity contribution in [1.82, 2.24) is 15.2 Å². The molecule has 1 aromatic heterocycles. The van der Waals surface area contributed by atoms with E-state index >= 15 is 0 Å². The van der Waals surface area contributed by atoms with Gasteiger partial charge in [0.05, 0.1) is 4.47 Å². The molecule has 1 saturated carbocycles. The summed E-state index contributed by atoms with van der Waals surface area (Å²) >= 11 is 3.15. The van der Waals surface area contributed by atoms with Crippen LogP contribution in [0.25, 0.3) is 11.4 Å². The Morgan fingerprint density at radius 3 is 2.88 bits per heavy atom. The van der Waals surface area contributed by atoms with Gasteiger partial charge >= 0.3 is 0 Å². The van der Waals surface area contributed by atoms with Gasteiger partial charge in [-0.25, -0.2) is 9.37 Å². The average molecular weight is 282 g/mol. The number of aromatic amines is 1. The van der Waals surface area contributed by atoms with Gasteiger partial charge in [0.15, 0.2) is 5.82 Å². The standard InChI is InChI=1S/C11H9BrFN3/c12-8-5-7(3-4-9(8)13)11-14-10(15-16-11)6-1-2-6/h3-6H,1-2H2,(H,14,15,16). The molecule has 1 aliphatic rings. The maximum Gasteiger partial charge on any atom is 0.181 e. The Hall–Kier alpha value is -1.23. The van der Waals surface area contributed by atoms with Gasteiger partial charge in [0.25, 0.3) is 0 Å². The van der Waals surface area contributed by atoms with Crippen molar-refractivity contribution in [2.45, 2.75) is 18.8 Å². The normalized spacial score (nSPS) is 15.4. The number of nitrogens with zero attached hydrogens (tertiary/aromatic N) is 2. The molecule has 2 aromatic rings. The average Bonchev–Trinajstić information content (AvgIpc) is 3.01. The van der Waals surface area contributed by atoms with Crippen LogP contribution in [0.3, 0.4) is 0 Å². The summed E-state index contributed by atoms with van der Waals surface area (Å²) < 4.78 is 13.5. The molecule has 1 aromatic carbocycles. The number of H-pyrrole nitrogens is 1. The Bertz CT molecular complexity index is 534. The van der Waals surface area contributed by atoms with Crippen LogP contribution in [0.1, 0.15) is 24.6 Å². The van der Waals surface area contributed by atoms with Gasteiger partial charge in [-0.05, 0) is 47.0 Å². The molecule has 0 bridgehead atoms. The summed E-state index contributed by atoms with van der Waals surface area (Å²) in [5.41, 5.74) is 0.816. The fraction of sp³-hybridized carbons (Fsp3) is 0.273. The van der Waals surface area contributed by atoms with E-state index in [4.69, 9.17) is 0 Å². The second kappa shape index (κ2) is 3.66. The molecule has 16 heavy (non-hydrogen) atoms. The van der Waals surface area contributed by atoms with Crippen LogP contribution >= 0.6 is 15.9 Å². The van der Waals surface area contributed by atoms with Gasteiger partial charge in [0.1, 0.15) is 11.6 Å². The fourth-order valence-corrected chi connectivity index (χ4v) is 1.96. The molecule has 82 valence electrons. The highest BCUT2D eigenvalue weighted by Gasteiger charge is 2.27. The zero-order valence-corrected chi connectivity index (χ0v) is 9.96. The van der Waals surface area contributed by atoms with Gasteiger partial charge in [-0.1, -0.05) is 0 Å². The van der Waals surface area contributed by atoms with Gasteiger partial charge < -0.3 is 0 Å². The highest BCUT2D eigenvalue weighted by Crippen LogP contribution is 2.38. The lowest BCUT2D eigenvalue weighted by atomic mass is 10.2. The lowest BCUT2D eigenvalue weighted by Crippen LogP contribution is -1.84. The number of rotatable bonds is 2. The van der Waals surface area contributed by atoms with Crippen molar-refractivity contribution in [1.29, 1.82) is 0 Å². The summed E-state index contributed by atoms with van der Waals surface area (Å²) in [6.07, 6.45) is 2.36. The Morgan fingerprint density at radius 1 is 1.38 bits per heavy atom. The van der Waals surface area contributed by atoms with Gasteiger partial charge in [0, 0.05) is 11.5 Å². The third-order valence-corrected chi connectivity index (χ3v) is 3.25. The van der Waals surface area contributed by atoms with Crippen LogP contribution < -0.4 is 0 Å². The first kappa shape index (κ1) is 9.96. The third-order valence-electron chi connectivity index (χ3n) is 2.64. The second-order valence-corrected chi connectivity index (χ2v) is 4.80. The quantitative estimate of drug-likeness (QED) is 0.918. The summed E-state index contributed by atoms with van der Waals surface area (Å²) in [5, 5.41) is 7.07. The maximum absolute atomic E-state index is 13.1. The molecule has 0 amide bonds. The van der Waals surface area contributed by atoms with Crippen molar-refractivity contribution in [3.8, 4) is 11.4 Å². The van der Waals surface area contributed by atoms with Gasteiger partial charge in [-0.15, -0.1) is 0 Å².